The molecule has 0 fully saturated rings. The van der Waals surface area contributed by atoms with Crippen LogP contribution in [0.3, 0.4) is 0 Å². The number of halogens is 1. The van der Waals surface area contributed by atoms with Crippen molar-refractivity contribution in [3.63, 3.8) is 0 Å². The van der Waals surface area contributed by atoms with Crippen LogP contribution in [-0.4, -0.2) is 32.7 Å². The standard InChI is InChI=1S/C12H19ClN4O3S/c1-12(2,17-21(3,19)20)6-16-10-8(11(15)18)4-7(14)5-9(10)13/h4-5,16-17H,6,14H2,1-3H3,(H2,15,18). The zero-order valence-corrected chi connectivity index (χ0v) is 13.6. The van der Waals surface area contributed by atoms with Gasteiger partial charge in [0.15, 0.2) is 0 Å². The molecule has 0 aromatic heterocycles. The summed E-state index contributed by atoms with van der Waals surface area (Å²) in [5, 5.41) is 3.17. The van der Waals surface area contributed by atoms with Crippen LogP contribution in [0.2, 0.25) is 5.02 Å². The number of benzene rings is 1. The van der Waals surface area contributed by atoms with E-state index in [-0.39, 0.29) is 17.1 Å². The van der Waals surface area contributed by atoms with E-state index in [0.29, 0.717) is 11.4 Å². The fourth-order valence-electron chi connectivity index (χ4n) is 1.85. The van der Waals surface area contributed by atoms with Gasteiger partial charge in [0.25, 0.3) is 5.91 Å². The molecule has 0 saturated heterocycles. The summed E-state index contributed by atoms with van der Waals surface area (Å²) in [5.41, 5.74) is 10.9. The van der Waals surface area contributed by atoms with Crippen LogP contribution in [0.1, 0.15) is 24.2 Å². The van der Waals surface area contributed by atoms with Crippen LogP contribution in [0.4, 0.5) is 11.4 Å². The highest BCUT2D eigenvalue weighted by Crippen LogP contribution is 2.29. The number of nitrogens with one attached hydrogen (secondary N) is 2. The molecule has 0 aliphatic rings. The highest BCUT2D eigenvalue weighted by Gasteiger charge is 2.23. The summed E-state index contributed by atoms with van der Waals surface area (Å²) < 4.78 is 25.0. The lowest BCUT2D eigenvalue weighted by Crippen LogP contribution is -2.48. The van der Waals surface area contributed by atoms with Crippen LogP contribution >= 0.6 is 11.6 Å². The average molecular weight is 335 g/mol. The topological polar surface area (TPSA) is 127 Å². The predicted molar refractivity (Wildman–Crippen MR) is 84.9 cm³/mol. The molecule has 0 radical (unpaired) electrons. The fourth-order valence-corrected chi connectivity index (χ4v) is 3.22. The molecule has 0 aliphatic carbocycles. The number of hydrogen-bond donors (Lipinski definition) is 4. The first-order valence-electron chi connectivity index (χ1n) is 6.03. The van der Waals surface area contributed by atoms with Gasteiger partial charge in [-0.25, -0.2) is 13.1 Å². The third-order valence-electron chi connectivity index (χ3n) is 2.55. The average Bonchev–Trinajstić information content (AvgIpc) is 2.23. The normalized spacial score (nSPS) is 12.2. The van der Waals surface area contributed by atoms with Crippen LogP contribution < -0.4 is 21.5 Å². The summed E-state index contributed by atoms with van der Waals surface area (Å²) >= 11 is 6.05. The van der Waals surface area contributed by atoms with Crippen molar-refractivity contribution >= 4 is 38.9 Å². The SMILES string of the molecule is CC(C)(CNc1c(Cl)cc(N)cc1C(N)=O)NS(C)(=O)=O. The molecule has 9 heteroatoms. The lowest BCUT2D eigenvalue weighted by Gasteiger charge is -2.26. The Hall–Kier alpha value is -1.51. The molecule has 0 atom stereocenters. The Kier molecular flexibility index (Phi) is 5.08. The van der Waals surface area contributed by atoms with Gasteiger partial charge in [0.05, 0.1) is 22.5 Å². The van der Waals surface area contributed by atoms with Crippen LogP contribution in [-0.2, 0) is 10.0 Å². The second-order valence-corrected chi connectivity index (χ2v) is 7.56. The van der Waals surface area contributed by atoms with Crippen LogP contribution in [0.15, 0.2) is 12.1 Å². The van der Waals surface area contributed by atoms with Gasteiger partial charge in [-0.05, 0) is 26.0 Å². The highest BCUT2D eigenvalue weighted by atomic mass is 35.5. The van der Waals surface area contributed by atoms with E-state index < -0.39 is 21.5 Å². The Bertz CT molecular complexity index is 659. The van der Waals surface area contributed by atoms with Gasteiger partial charge in [-0.2, -0.15) is 0 Å². The van der Waals surface area contributed by atoms with Crippen molar-refractivity contribution in [2.24, 2.45) is 5.73 Å². The minimum Gasteiger partial charge on any atom is -0.399 e. The zero-order valence-electron chi connectivity index (χ0n) is 12.0. The number of rotatable bonds is 6. The van der Waals surface area contributed by atoms with E-state index in [9.17, 15) is 13.2 Å². The summed E-state index contributed by atoms with van der Waals surface area (Å²) in [7, 11) is -3.36. The molecule has 118 valence electrons. The minimum absolute atomic E-state index is 0.148. The third kappa shape index (κ3) is 5.41. The molecule has 0 spiro atoms. The Balaban J connectivity index is 3.01. The number of hydrogen-bond acceptors (Lipinski definition) is 5. The smallest absolute Gasteiger partial charge is 0.250 e. The molecule has 0 bridgehead atoms. The Morgan fingerprint density at radius 1 is 1.38 bits per heavy atom. The summed E-state index contributed by atoms with van der Waals surface area (Å²) in [6.07, 6.45) is 1.07. The second-order valence-electron chi connectivity index (χ2n) is 5.40. The number of amides is 1. The van der Waals surface area contributed by atoms with Gasteiger partial charge < -0.3 is 16.8 Å². The largest absolute Gasteiger partial charge is 0.399 e. The van der Waals surface area contributed by atoms with Gasteiger partial charge in [-0.3, -0.25) is 4.79 Å². The second kappa shape index (κ2) is 6.08. The Labute approximate surface area is 129 Å². The molecule has 1 aromatic rings. The summed E-state index contributed by atoms with van der Waals surface area (Å²) in [6, 6.07) is 2.89. The van der Waals surface area contributed by atoms with Crippen molar-refractivity contribution in [2.75, 3.05) is 23.9 Å². The van der Waals surface area contributed by atoms with E-state index in [4.69, 9.17) is 23.1 Å². The molecular weight excluding hydrogens is 316 g/mol. The number of carbonyl (C=O) groups is 1. The number of nitrogen functional groups attached to an aromatic ring is 1. The molecule has 1 aromatic carbocycles. The number of primary amides is 1. The van der Waals surface area contributed by atoms with E-state index in [1.165, 1.54) is 12.1 Å². The maximum absolute atomic E-state index is 11.4. The van der Waals surface area contributed by atoms with E-state index in [2.05, 4.69) is 10.0 Å². The van der Waals surface area contributed by atoms with E-state index in [0.717, 1.165) is 6.26 Å². The maximum atomic E-state index is 11.4. The van der Waals surface area contributed by atoms with Gasteiger partial charge in [0, 0.05) is 17.8 Å². The first kappa shape index (κ1) is 17.5. The number of nitrogens with two attached hydrogens (primary N) is 2. The number of sulfonamides is 1. The van der Waals surface area contributed by atoms with E-state index in [1.54, 1.807) is 13.8 Å². The van der Waals surface area contributed by atoms with Gasteiger partial charge in [-0.15, -0.1) is 0 Å². The Morgan fingerprint density at radius 2 is 1.95 bits per heavy atom. The van der Waals surface area contributed by atoms with Crippen molar-refractivity contribution < 1.29 is 13.2 Å². The van der Waals surface area contributed by atoms with Crippen molar-refractivity contribution in [3.8, 4) is 0 Å². The first-order valence-corrected chi connectivity index (χ1v) is 8.30. The van der Waals surface area contributed by atoms with Crippen molar-refractivity contribution in [1.82, 2.24) is 4.72 Å². The quantitative estimate of drug-likeness (QED) is 0.571. The molecule has 1 rings (SSSR count). The predicted octanol–water partition coefficient (Wildman–Crippen LogP) is 0.761. The molecule has 7 nitrogen and oxygen atoms in total. The van der Waals surface area contributed by atoms with Gasteiger partial charge in [0.2, 0.25) is 10.0 Å². The third-order valence-corrected chi connectivity index (χ3v) is 3.77. The van der Waals surface area contributed by atoms with Crippen LogP contribution in [0.25, 0.3) is 0 Å². The monoisotopic (exact) mass is 334 g/mol. The number of anilines is 2. The zero-order chi connectivity index (χ0) is 16.4. The van der Waals surface area contributed by atoms with Gasteiger partial charge >= 0.3 is 0 Å². The van der Waals surface area contributed by atoms with Crippen LogP contribution in [0.5, 0.6) is 0 Å². The lowest BCUT2D eigenvalue weighted by atomic mass is 10.1. The van der Waals surface area contributed by atoms with Crippen molar-refractivity contribution in [3.05, 3.63) is 22.7 Å². The van der Waals surface area contributed by atoms with E-state index in [1.807, 2.05) is 0 Å². The van der Waals surface area contributed by atoms with Crippen molar-refractivity contribution in [2.45, 2.75) is 19.4 Å². The molecule has 0 heterocycles. The van der Waals surface area contributed by atoms with Crippen molar-refractivity contribution in [1.29, 1.82) is 0 Å². The molecule has 1 amide bonds. The highest BCUT2D eigenvalue weighted by molar-refractivity contribution is 7.88. The first-order chi connectivity index (χ1) is 9.41. The molecule has 0 aliphatic heterocycles. The Morgan fingerprint density at radius 3 is 2.43 bits per heavy atom. The lowest BCUT2D eigenvalue weighted by molar-refractivity contribution is 0.100. The fraction of sp³-hybridized carbons (Fsp3) is 0.417. The van der Waals surface area contributed by atoms with Gasteiger partial charge in [-0.1, -0.05) is 11.6 Å². The minimum atomic E-state index is -3.36. The summed E-state index contributed by atoms with van der Waals surface area (Å²) in [4.78, 5) is 11.4. The molecule has 6 N–H and O–H groups in total. The molecular formula is C12H19ClN4O3S. The summed E-state index contributed by atoms with van der Waals surface area (Å²) in [6.45, 7) is 3.58. The van der Waals surface area contributed by atoms with E-state index >= 15 is 0 Å². The maximum Gasteiger partial charge on any atom is 0.250 e. The number of carbonyl (C=O) groups excluding carboxylic acids is 1. The van der Waals surface area contributed by atoms with Gasteiger partial charge in [0.1, 0.15) is 0 Å². The molecule has 21 heavy (non-hydrogen) atoms. The summed E-state index contributed by atoms with van der Waals surface area (Å²) in [5.74, 6) is -0.680. The molecule has 0 unspecified atom stereocenters. The molecule has 0 saturated carbocycles. The van der Waals surface area contributed by atoms with Crippen LogP contribution in [0, 0.1) is 0 Å².